The minimum Gasteiger partial charge on any atom is -0.378 e. The Balaban J connectivity index is 1.50. The molecule has 2 saturated heterocycles. The van der Waals surface area contributed by atoms with Gasteiger partial charge in [-0.05, 0) is 24.3 Å². The second-order valence-electron chi connectivity index (χ2n) is 6.36. The van der Waals surface area contributed by atoms with Crippen molar-refractivity contribution in [1.82, 2.24) is 14.7 Å². The summed E-state index contributed by atoms with van der Waals surface area (Å²) in [4.78, 5) is 29.9. The number of nitrogens with zero attached hydrogens (tertiary/aromatic N) is 3. The molecule has 0 aliphatic carbocycles. The standard InChI is InChI=1S/C16H23N5O5S/c17-27(24,25)14-3-1-13(2-4-14)18-15(22)19-5-7-20(8-6-19)16(23)21-9-11-26-12-10-21/h1-4H,5-12H2,(H,18,22)(H2,17,24,25). The molecule has 2 aliphatic heterocycles. The minimum absolute atomic E-state index is 0.0167. The predicted octanol–water partition coefficient (Wildman–Crippen LogP) is -0.0643. The molecular formula is C16H23N5O5S. The number of nitrogens with two attached hydrogens (primary N) is 1. The van der Waals surface area contributed by atoms with Crippen LogP contribution in [0.1, 0.15) is 0 Å². The molecule has 148 valence electrons. The largest absolute Gasteiger partial charge is 0.378 e. The maximum atomic E-state index is 12.5. The monoisotopic (exact) mass is 397 g/mol. The molecule has 11 heteroatoms. The Kier molecular flexibility index (Phi) is 5.82. The number of morpholine rings is 1. The maximum absolute atomic E-state index is 12.5. The summed E-state index contributed by atoms with van der Waals surface area (Å²) in [6.45, 7) is 4.08. The van der Waals surface area contributed by atoms with Gasteiger partial charge < -0.3 is 24.8 Å². The first-order valence-corrected chi connectivity index (χ1v) is 10.2. The molecule has 0 unspecified atom stereocenters. The molecule has 0 aromatic heterocycles. The van der Waals surface area contributed by atoms with E-state index in [-0.39, 0.29) is 17.0 Å². The lowest BCUT2D eigenvalue weighted by Crippen LogP contribution is -2.56. The molecule has 2 heterocycles. The lowest BCUT2D eigenvalue weighted by atomic mass is 10.3. The van der Waals surface area contributed by atoms with Crippen LogP contribution in [0.3, 0.4) is 0 Å². The van der Waals surface area contributed by atoms with Gasteiger partial charge >= 0.3 is 12.1 Å². The van der Waals surface area contributed by atoms with Crippen molar-refractivity contribution in [3.05, 3.63) is 24.3 Å². The van der Waals surface area contributed by atoms with E-state index in [1.54, 1.807) is 14.7 Å². The van der Waals surface area contributed by atoms with E-state index in [4.69, 9.17) is 9.88 Å². The van der Waals surface area contributed by atoms with Gasteiger partial charge in [-0.3, -0.25) is 0 Å². The number of amides is 4. The Bertz CT molecular complexity index is 784. The Morgan fingerprint density at radius 3 is 1.96 bits per heavy atom. The van der Waals surface area contributed by atoms with E-state index in [0.29, 0.717) is 58.2 Å². The molecule has 1 aromatic carbocycles. The van der Waals surface area contributed by atoms with Gasteiger partial charge in [0, 0.05) is 45.0 Å². The quantitative estimate of drug-likeness (QED) is 0.723. The van der Waals surface area contributed by atoms with Gasteiger partial charge in [-0.2, -0.15) is 0 Å². The van der Waals surface area contributed by atoms with Crippen molar-refractivity contribution in [2.75, 3.05) is 57.8 Å². The summed E-state index contributed by atoms with van der Waals surface area (Å²) in [7, 11) is -3.76. The summed E-state index contributed by atoms with van der Waals surface area (Å²) in [6, 6.07) is 5.33. The lowest BCUT2D eigenvalue weighted by molar-refractivity contribution is 0.0394. The summed E-state index contributed by atoms with van der Waals surface area (Å²) in [5, 5.41) is 7.77. The number of rotatable bonds is 2. The molecular weight excluding hydrogens is 374 g/mol. The molecule has 1 aromatic rings. The van der Waals surface area contributed by atoms with Crippen molar-refractivity contribution < 1.29 is 22.7 Å². The van der Waals surface area contributed by atoms with Crippen molar-refractivity contribution in [3.63, 3.8) is 0 Å². The molecule has 2 fully saturated rings. The van der Waals surface area contributed by atoms with E-state index in [2.05, 4.69) is 5.32 Å². The van der Waals surface area contributed by atoms with Crippen molar-refractivity contribution in [2.45, 2.75) is 4.90 Å². The van der Waals surface area contributed by atoms with E-state index in [9.17, 15) is 18.0 Å². The smallest absolute Gasteiger partial charge is 0.321 e. The number of piperazine rings is 1. The minimum atomic E-state index is -3.76. The SMILES string of the molecule is NS(=O)(=O)c1ccc(NC(=O)N2CCN(C(=O)N3CCOCC3)CC2)cc1. The van der Waals surface area contributed by atoms with Crippen LogP contribution in [-0.2, 0) is 14.8 Å². The van der Waals surface area contributed by atoms with Crippen LogP contribution in [0.4, 0.5) is 15.3 Å². The molecule has 0 spiro atoms. The molecule has 3 N–H and O–H groups in total. The number of carbonyl (C=O) groups excluding carboxylic acids is 2. The van der Waals surface area contributed by atoms with E-state index >= 15 is 0 Å². The van der Waals surface area contributed by atoms with Gasteiger partial charge in [-0.25, -0.2) is 23.1 Å². The van der Waals surface area contributed by atoms with Crippen LogP contribution in [0.25, 0.3) is 0 Å². The van der Waals surface area contributed by atoms with Crippen molar-refractivity contribution in [2.24, 2.45) is 5.14 Å². The first-order valence-electron chi connectivity index (χ1n) is 8.65. The second kappa shape index (κ2) is 8.11. The molecule has 0 atom stereocenters. The van der Waals surface area contributed by atoms with Gasteiger partial charge in [0.05, 0.1) is 18.1 Å². The highest BCUT2D eigenvalue weighted by atomic mass is 32.2. The summed E-state index contributed by atoms with van der Waals surface area (Å²) in [5.74, 6) is 0. The van der Waals surface area contributed by atoms with Crippen LogP contribution in [0.2, 0.25) is 0 Å². The average molecular weight is 397 g/mol. The third-order valence-corrected chi connectivity index (χ3v) is 5.48. The van der Waals surface area contributed by atoms with Gasteiger partial charge in [-0.15, -0.1) is 0 Å². The van der Waals surface area contributed by atoms with E-state index in [0.717, 1.165) is 0 Å². The van der Waals surface area contributed by atoms with Crippen LogP contribution in [-0.4, -0.2) is 87.7 Å². The zero-order valence-corrected chi connectivity index (χ0v) is 15.7. The van der Waals surface area contributed by atoms with Crippen LogP contribution in [0, 0.1) is 0 Å². The number of anilines is 1. The predicted molar refractivity (Wildman–Crippen MR) is 97.8 cm³/mol. The number of nitrogens with one attached hydrogen (secondary N) is 1. The highest BCUT2D eigenvalue weighted by Gasteiger charge is 2.28. The molecule has 27 heavy (non-hydrogen) atoms. The van der Waals surface area contributed by atoms with Gasteiger partial charge in [0.25, 0.3) is 0 Å². The molecule has 3 rings (SSSR count). The number of hydrogen-bond donors (Lipinski definition) is 2. The normalized spacial score (nSPS) is 18.3. The molecule has 0 radical (unpaired) electrons. The van der Waals surface area contributed by atoms with Crippen LogP contribution >= 0.6 is 0 Å². The number of urea groups is 2. The maximum Gasteiger partial charge on any atom is 0.321 e. The first-order chi connectivity index (χ1) is 12.8. The van der Waals surface area contributed by atoms with Crippen LogP contribution in [0.15, 0.2) is 29.2 Å². The number of hydrogen-bond acceptors (Lipinski definition) is 5. The second-order valence-corrected chi connectivity index (χ2v) is 7.92. The van der Waals surface area contributed by atoms with Gasteiger partial charge in [0.15, 0.2) is 0 Å². The molecule has 2 aliphatic rings. The fourth-order valence-electron chi connectivity index (χ4n) is 2.99. The third-order valence-electron chi connectivity index (χ3n) is 4.55. The van der Waals surface area contributed by atoms with Crippen LogP contribution in [0.5, 0.6) is 0 Å². The summed E-state index contributed by atoms with van der Waals surface area (Å²) in [5.41, 5.74) is 0.472. The number of ether oxygens (including phenoxy) is 1. The fourth-order valence-corrected chi connectivity index (χ4v) is 3.50. The van der Waals surface area contributed by atoms with Gasteiger partial charge in [-0.1, -0.05) is 0 Å². The van der Waals surface area contributed by atoms with Crippen molar-refractivity contribution in [1.29, 1.82) is 0 Å². The Morgan fingerprint density at radius 2 is 1.41 bits per heavy atom. The fraction of sp³-hybridized carbons (Fsp3) is 0.500. The first kappa shape index (κ1) is 19.4. The van der Waals surface area contributed by atoms with E-state index in [1.165, 1.54) is 24.3 Å². The highest BCUT2D eigenvalue weighted by Crippen LogP contribution is 2.14. The lowest BCUT2D eigenvalue weighted by Gasteiger charge is -2.38. The van der Waals surface area contributed by atoms with E-state index < -0.39 is 10.0 Å². The van der Waals surface area contributed by atoms with Crippen molar-refractivity contribution in [3.8, 4) is 0 Å². The van der Waals surface area contributed by atoms with Gasteiger partial charge in [0.2, 0.25) is 10.0 Å². The zero-order chi connectivity index (χ0) is 19.4. The molecule has 4 amide bonds. The zero-order valence-electron chi connectivity index (χ0n) is 14.8. The summed E-state index contributed by atoms with van der Waals surface area (Å²) >= 11 is 0. The Labute approximate surface area is 157 Å². The Morgan fingerprint density at radius 1 is 0.889 bits per heavy atom. The van der Waals surface area contributed by atoms with Crippen LogP contribution < -0.4 is 10.5 Å². The third kappa shape index (κ3) is 4.87. The molecule has 0 saturated carbocycles. The summed E-state index contributed by atoms with van der Waals surface area (Å²) in [6.07, 6.45) is 0. The Hall–Kier alpha value is -2.37. The van der Waals surface area contributed by atoms with E-state index in [1.807, 2.05) is 0 Å². The molecule has 10 nitrogen and oxygen atoms in total. The topological polar surface area (TPSA) is 125 Å². The van der Waals surface area contributed by atoms with Crippen molar-refractivity contribution >= 4 is 27.8 Å². The average Bonchev–Trinajstić information content (AvgIpc) is 2.68. The number of carbonyl (C=O) groups is 2. The number of benzene rings is 1. The molecule has 0 bridgehead atoms. The van der Waals surface area contributed by atoms with Gasteiger partial charge in [0.1, 0.15) is 0 Å². The summed E-state index contributed by atoms with van der Waals surface area (Å²) < 4.78 is 27.8. The highest BCUT2D eigenvalue weighted by molar-refractivity contribution is 7.89. The number of primary sulfonamides is 1. The number of sulfonamides is 1.